The molecular weight excluding hydrogens is 2380 g/mol. The second-order valence-corrected chi connectivity index (χ2v) is 28.9. The van der Waals surface area contributed by atoms with Crippen LogP contribution < -0.4 is 0 Å². The van der Waals surface area contributed by atoms with Gasteiger partial charge in [-0.05, 0) is 143 Å². The van der Waals surface area contributed by atoms with E-state index < -0.39 is 0 Å². The van der Waals surface area contributed by atoms with Crippen molar-refractivity contribution in [2.75, 3.05) is 0 Å². The maximum absolute atomic E-state index is 4.83. The van der Waals surface area contributed by atoms with E-state index in [4.69, 9.17) is 19.9 Å². The van der Waals surface area contributed by atoms with Gasteiger partial charge in [0.1, 0.15) is 34.3 Å². The molecule has 0 aliphatic rings. The summed E-state index contributed by atoms with van der Waals surface area (Å²) >= 11 is 0. The van der Waals surface area contributed by atoms with Crippen LogP contribution in [-0.2, 0) is 101 Å². The van der Waals surface area contributed by atoms with E-state index in [-0.39, 0.29) is 108 Å². The molecule has 17 nitrogen and oxygen atoms in total. The summed E-state index contributed by atoms with van der Waals surface area (Å²) in [6, 6.07) is 89.3. The van der Waals surface area contributed by atoms with Crippen LogP contribution in [0.1, 0.15) is 58.3 Å². The summed E-state index contributed by atoms with van der Waals surface area (Å²) in [6.07, 6.45) is 11.2. The van der Waals surface area contributed by atoms with Crippen molar-refractivity contribution in [2.24, 2.45) is 0 Å². The standard InChI is InChI=1S/C25H21N2.C23H17N2.C17H11N6.C17H9N4.C15H10N3.CH4.5Ir/c1-15-9-10-22-21(13-15)19-7-5-6-8-20(19)25-26-14-23(27(22)25)24-17(3)11-16(2)12-18(24)4;1-15-8-7-9-16(2)22(15)21-14-24-23-19-12-4-3-10-17(19)18-11-5-6-13-20(18)25(21)23;1-9-18-7-13-11-5-3-4-6-12(11)15-22-14-8-19-10(2)21-17(14)23(15)16(13)20-9;1-2-6-13-11(5-1)12-7-3-9-18-15(12)21-16(13)20-14-8-4-10-19-17(14)21;1-10-16-15-13-8-3-2-6-11(13)12-7-4-5-9-14(12)18(15)17-10;;;;;;/h5-7,9-14H,1-4H3;3-11,13-14H,1-2H3;3-5,7-8H,1-2H3;1-5,7-10H;2-7,9H,1H3;1H4;;;;;/q5*-1;;;;;;. The van der Waals surface area contributed by atoms with Gasteiger partial charge >= 0.3 is 0 Å². The zero-order valence-electron chi connectivity index (χ0n) is 65.4. The van der Waals surface area contributed by atoms with Gasteiger partial charge in [-0.1, -0.05) is 147 Å². The SMILES string of the molecule is C.Cc1cc(C)c(-c2cnc3c4[c-]cccc4c4cc(C)ccc4n23)c(C)c1.Cc1cccc(C)c1-c1cnc2c3[c-]cccc3c3ccccc3n12.Cc1nc2c3[c-]cccc3c3ccccc3n2n1.Cc1ncc2nc3c4[c-]cccc4c4cnc(C)nc4n3c2n1.[Ir].[Ir].[Ir].[Ir].[Ir].[c-]1cccc2c1c1nc3cccnc3n1c1ncccc21. The quantitative estimate of drug-likeness (QED) is 0.118. The minimum absolute atomic E-state index is 0. The van der Waals surface area contributed by atoms with Crippen molar-refractivity contribution in [3.63, 3.8) is 0 Å². The van der Waals surface area contributed by atoms with Crippen LogP contribution in [0.2, 0.25) is 0 Å². The smallest absolute Gasteiger partial charge is 0.160 e. The first kappa shape index (κ1) is 84.8. The van der Waals surface area contributed by atoms with Crippen LogP contribution in [0.15, 0.2) is 250 Å². The Morgan fingerprint density at radius 2 is 0.692 bits per heavy atom. The van der Waals surface area contributed by atoms with Crippen LogP contribution in [0.4, 0.5) is 0 Å². The molecule has 0 bridgehead atoms. The molecule has 599 valence electrons. The molecule has 120 heavy (non-hydrogen) atoms. The molecule has 14 aromatic heterocycles. The fourth-order valence-corrected chi connectivity index (χ4v) is 16.7. The molecule has 0 N–H and O–H groups in total. The average Bonchev–Trinajstić information content (AvgIpc) is 1.54. The Kier molecular flexibility index (Phi) is 24.5. The number of hydrogen-bond donors (Lipinski definition) is 0. The molecule has 0 fully saturated rings. The van der Waals surface area contributed by atoms with Gasteiger partial charge in [0.05, 0.1) is 56.9 Å². The molecule has 24 rings (SSSR count). The minimum Gasteiger partial charge on any atom is -0.333 e. The van der Waals surface area contributed by atoms with Crippen molar-refractivity contribution < 1.29 is 101 Å². The fraction of sp³-hybridized carbons (Fsp3) is 0.102. The third-order valence-electron chi connectivity index (χ3n) is 21.5. The molecule has 10 aromatic carbocycles. The Bertz CT molecular complexity index is 8000. The van der Waals surface area contributed by atoms with Crippen LogP contribution in [0, 0.1) is 92.6 Å². The van der Waals surface area contributed by atoms with E-state index in [0.717, 1.165) is 133 Å². The van der Waals surface area contributed by atoms with Crippen molar-refractivity contribution in [1.29, 1.82) is 0 Å². The van der Waals surface area contributed by atoms with Crippen LogP contribution in [0.5, 0.6) is 0 Å². The molecule has 5 radical (unpaired) electrons. The number of hydrogen-bond acceptors (Lipinski definition) is 12. The summed E-state index contributed by atoms with van der Waals surface area (Å²) < 4.78 is 10.5. The van der Waals surface area contributed by atoms with Crippen molar-refractivity contribution in [3.05, 3.63) is 331 Å². The van der Waals surface area contributed by atoms with Gasteiger partial charge in [-0.2, -0.15) is 5.10 Å². The topological polar surface area (TPSA) is 177 Å². The van der Waals surface area contributed by atoms with Crippen molar-refractivity contribution >= 4 is 159 Å². The maximum atomic E-state index is 4.83. The molecule has 0 unspecified atom stereocenters. The van der Waals surface area contributed by atoms with Gasteiger partial charge in [0.25, 0.3) is 0 Å². The maximum Gasteiger partial charge on any atom is 0.160 e. The number of pyridine rings is 7. The number of benzene rings is 10. The number of imidazole rings is 4. The van der Waals surface area contributed by atoms with Crippen molar-refractivity contribution in [3.8, 4) is 22.5 Å². The Balaban J connectivity index is 0.000000122. The predicted octanol–water partition coefficient (Wildman–Crippen LogP) is 22.0. The Morgan fingerprint density at radius 1 is 0.258 bits per heavy atom. The molecule has 0 aliphatic heterocycles. The number of nitrogens with zero attached hydrogens (tertiary/aromatic N) is 17. The molecule has 24 aromatic rings. The van der Waals surface area contributed by atoms with Crippen LogP contribution in [0.25, 0.3) is 182 Å². The summed E-state index contributed by atoms with van der Waals surface area (Å²) in [6.45, 7) is 18.7. The van der Waals surface area contributed by atoms with Crippen LogP contribution >= 0.6 is 0 Å². The second-order valence-electron chi connectivity index (χ2n) is 28.9. The van der Waals surface area contributed by atoms with E-state index in [1.165, 1.54) is 87.9 Å². The third kappa shape index (κ3) is 14.4. The first-order chi connectivity index (χ1) is 55.8. The Hall–Kier alpha value is -11.6. The largest absolute Gasteiger partial charge is 0.333 e. The minimum atomic E-state index is 0. The van der Waals surface area contributed by atoms with Crippen molar-refractivity contribution in [2.45, 2.75) is 69.7 Å². The Morgan fingerprint density at radius 3 is 1.28 bits per heavy atom. The molecule has 14 heterocycles. The van der Waals surface area contributed by atoms with Crippen LogP contribution in [0.3, 0.4) is 0 Å². The monoisotopic (exact) mass is 2450 g/mol. The first-order valence-electron chi connectivity index (χ1n) is 37.8. The zero-order valence-corrected chi connectivity index (χ0v) is 77.4. The summed E-state index contributed by atoms with van der Waals surface area (Å²) in [4.78, 5) is 50.4. The molecule has 0 spiro atoms. The number of aryl methyl sites for hydroxylation is 9. The second kappa shape index (κ2) is 34.6. The summed E-state index contributed by atoms with van der Waals surface area (Å²) in [5.74, 6) is 2.20. The molecule has 22 heteroatoms. The molecule has 0 saturated carbocycles. The summed E-state index contributed by atoms with van der Waals surface area (Å²) in [5.41, 5.74) is 25.3. The van der Waals surface area contributed by atoms with Gasteiger partial charge < -0.3 is 17.6 Å². The normalized spacial score (nSPS) is 11.1. The van der Waals surface area contributed by atoms with Gasteiger partial charge in [0, 0.05) is 159 Å². The van der Waals surface area contributed by atoms with Gasteiger partial charge in [-0.15, -0.1) is 132 Å². The van der Waals surface area contributed by atoms with Crippen LogP contribution in [-0.4, -0.2) is 82.0 Å². The average molecular weight is 2450 g/mol. The summed E-state index contributed by atoms with van der Waals surface area (Å²) in [5, 5.41) is 21.0. The van der Waals surface area contributed by atoms with Gasteiger partial charge in [0.2, 0.25) is 0 Å². The van der Waals surface area contributed by atoms with Gasteiger partial charge in [-0.25, -0.2) is 29.9 Å². The van der Waals surface area contributed by atoms with E-state index in [1.807, 2.05) is 144 Å². The van der Waals surface area contributed by atoms with Gasteiger partial charge in [0.15, 0.2) is 11.3 Å². The molecule has 0 atom stereocenters. The molecule has 0 saturated heterocycles. The number of rotatable bonds is 2. The molecule has 0 aliphatic carbocycles. The number of para-hydroxylation sites is 2. The van der Waals surface area contributed by atoms with Crippen molar-refractivity contribution in [1.82, 2.24) is 82.0 Å². The van der Waals surface area contributed by atoms with E-state index >= 15 is 0 Å². The van der Waals surface area contributed by atoms with E-state index in [0.29, 0.717) is 11.6 Å². The fourth-order valence-electron chi connectivity index (χ4n) is 16.7. The Labute approximate surface area is 757 Å². The number of fused-ring (bicyclic) bond motifs is 34. The predicted molar refractivity (Wildman–Crippen MR) is 465 cm³/mol. The first-order valence-corrected chi connectivity index (χ1v) is 37.8. The zero-order chi connectivity index (χ0) is 77.1. The van der Waals surface area contributed by atoms with E-state index in [2.05, 4.69) is 242 Å². The molecular formula is C98H72Ir5N17-5. The summed E-state index contributed by atoms with van der Waals surface area (Å²) in [7, 11) is 0. The number of aromatic nitrogens is 17. The van der Waals surface area contributed by atoms with E-state index in [1.54, 1.807) is 18.6 Å². The van der Waals surface area contributed by atoms with E-state index in [9.17, 15) is 0 Å². The third-order valence-corrected chi connectivity index (χ3v) is 21.5. The molecule has 0 amide bonds. The van der Waals surface area contributed by atoms with Gasteiger partial charge in [-0.3, -0.25) is 29.4 Å².